The van der Waals surface area contributed by atoms with Crippen molar-refractivity contribution >= 4 is 17.5 Å². The van der Waals surface area contributed by atoms with Crippen molar-refractivity contribution in [3.8, 4) is 0 Å². The maximum absolute atomic E-state index is 13.5. The summed E-state index contributed by atoms with van der Waals surface area (Å²) >= 11 is 0. The fourth-order valence-electron chi connectivity index (χ4n) is 2.37. The van der Waals surface area contributed by atoms with E-state index in [1.807, 2.05) is 25.7 Å². The summed E-state index contributed by atoms with van der Waals surface area (Å²) in [4.78, 5) is 13.7. The second kappa shape index (κ2) is 5.79. The molecule has 0 unspecified atom stereocenters. The molecule has 0 radical (unpaired) electrons. The Kier molecular flexibility index (Phi) is 4.25. The van der Waals surface area contributed by atoms with E-state index < -0.39 is 17.5 Å². The van der Waals surface area contributed by atoms with Gasteiger partial charge in [-0.2, -0.15) is 0 Å². The van der Waals surface area contributed by atoms with Crippen LogP contribution in [0, 0.1) is 5.82 Å². The zero-order valence-electron chi connectivity index (χ0n) is 12.6. The van der Waals surface area contributed by atoms with Gasteiger partial charge in [0.25, 0.3) is 0 Å². The number of anilines is 2. The second-order valence-corrected chi connectivity index (χ2v) is 6.25. The van der Waals surface area contributed by atoms with Gasteiger partial charge in [-0.15, -0.1) is 0 Å². The number of benzene rings is 1. The summed E-state index contributed by atoms with van der Waals surface area (Å²) in [7, 11) is 0. The van der Waals surface area contributed by atoms with Gasteiger partial charge < -0.3 is 20.7 Å². The molecule has 1 aromatic rings. The molecule has 6 heteroatoms. The lowest BCUT2D eigenvalue weighted by Crippen LogP contribution is -2.40. The Labute approximate surface area is 124 Å². The first-order chi connectivity index (χ1) is 9.76. The fraction of sp³-hybridized carbons (Fsp3) is 0.533. The molecular weight excluding hydrogens is 273 g/mol. The van der Waals surface area contributed by atoms with Crippen LogP contribution in [0.2, 0.25) is 0 Å². The molecule has 0 bridgehead atoms. The number of nitrogens with one attached hydrogen (secondary N) is 1. The highest BCUT2D eigenvalue weighted by Crippen LogP contribution is 2.28. The number of halogens is 1. The normalized spacial score (nSPS) is 18.7. The van der Waals surface area contributed by atoms with Gasteiger partial charge >= 0.3 is 6.09 Å². The Bertz CT molecular complexity index is 528. The minimum absolute atomic E-state index is 0.0254. The molecule has 1 saturated heterocycles. The van der Waals surface area contributed by atoms with Crippen LogP contribution in [-0.2, 0) is 4.74 Å². The van der Waals surface area contributed by atoms with Gasteiger partial charge in [-0.1, -0.05) is 6.07 Å². The maximum atomic E-state index is 13.5. The van der Waals surface area contributed by atoms with Crippen molar-refractivity contribution in [3.63, 3.8) is 0 Å². The van der Waals surface area contributed by atoms with E-state index in [1.165, 1.54) is 6.07 Å². The molecule has 2 rings (SSSR count). The maximum Gasteiger partial charge on any atom is 0.407 e. The second-order valence-electron chi connectivity index (χ2n) is 6.25. The third-order valence-corrected chi connectivity index (χ3v) is 3.28. The molecule has 0 aromatic heterocycles. The van der Waals surface area contributed by atoms with Crippen molar-refractivity contribution < 1.29 is 13.9 Å². The van der Waals surface area contributed by atoms with Crippen LogP contribution in [0.1, 0.15) is 27.2 Å². The Morgan fingerprint density at radius 1 is 1.48 bits per heavy atom. The van der Waals surface area contributed by atoms with Gasteiger partial charge in [-0.05, 0) is 39.3 Å². The van der Waals surface area contributed by atoms with Crippen LogP contribution in [0.4, 0.5) is 20.6 Å². The molecule has 1 aliphatic heterocycles. The van der Waals surface area contributed by atoms with Crippen molar-refractivity contribution in [2.24, 2.45) is 0 Å². The van der Waals surface area contributed by atoms with Gasteiger partial charge in [0, 0.05) is 13.1 Å². The molecule has 1 amide bonds. The number of ether oxygens (including phenoxy) is 1. The van der Waals surface area contributed by atoms with Crippen molar-refractivity contribution in [1.29, 1.82) is 0 Å². The summed E-state index contributed by atoms with van der Waals surface area (Å²) in [6, 6.07) is 4.73. The summed E-state index contributed by atoms with van der Waals surface area (Å²) in [5.41, 5.74) is 6.06. The number of hydrogen-bond donors (Lipinski definition) is 2. The Morgan fingerprint density at radius 2 is 2.19 bits per heavy atom. The minimum Gasteiger partial charge on any atom is -0.444 e. The van der Waals surface area contributed by atoms with E-state index in [-0.39, 0.29) is 11.7 Å². The van der Waals surface area contributed by atoms with Crippen LogP contribution in [0.5, 0.6) is 0 Å². The van der Waals surface area contributed by atoms with Gasteiger partial charge in [0.1, 0.15) is 11.4 Å². The fourth-order valence-corrected chi connectivity index (χ4v) is 2.37. The SMILES string of the molecule is CC(C)(C)OC(=O)N[C@@H]1CCN(c2cccc(F)c2N)C1. The number of rotatable bonds is 2. The molecule has 0 aliphatic carbocycles. The van der Waals surface area contributed by atoms with E-state index in [0.717, 1.165) is 6.42 Å². The van der Waals surface area contributed by atoms with Crippen LogP contribution < -0.4 is 16.0 Å². The first-order valence-corrected chi connectivity index (χ1v) is 7.05. The largest absolute Gasteiger partial charge is 0.444 e. The molecule has 3 N–H and O–H groups in total. The number of alkyl carbamates (subject to hydrolysis) is 1. The first-order valence-electron chi connectivity index (χ1n) is 7.05. The average Bonchev–Trinajstić information content (AvgIpc) is 2.78. The lowest BCUT2D eigenvalue weighted by atomic mass is 10.2. The molecular formula is C15H22FN3O2. The van der Waals surface area contributed by atoms with Crippen LogP contribution in [0.25, 0.3) is 0 Å². The topological polar surface area (TPSA) is 67.6 Å². The van der Waals surface area contributed by atoms with Gasteiger partial charge in [0.15, 0.2) is 0 Å². The summed E-state index contributed by atoms with van der Waals surface area (Å²) < 4.78 is 18.7. The molecule has 21 heavy (non-hydrogen) atoms. The van der Waals surface area contributed by atoms with Crippen LogP contribution in [-0.4, -0.2) is 30.8 Å². The van der Waals surface area contributed by atoms with Gasteiger partial charge in [-0.25, -0.2) is 9.18 Å². The van der Waals surface area contributed by atoms with Gasteiger partial charge in [-0.3, -0.25) is 0 Å². The predicted octanol–water partition coefficient (Wildman–Crippen LogP) is 2.51. The average molecular weight is 295 g/mol. The number of carbonyl (C=O) groups excluding carboxylic acids is 1. The smallest absolute Gasteiger partial charge is 0.407 e. The molecule has 1 heterocycles. The van der Waals surface area contributed by atoms with Crippen LogP contribution in [0.3, 0.4) is 0 Å². The Morgan fingerprint density at radius 3 is 2.86 bits per heavy atom. The number of nitrogen functional groups attached to an aromatic ring is 1. The van der Waals surface area contributed by atoms with E-state index in [9.17, 15) is 9.18 Å². The van der Waals surface area contributed by atoms with Crippen molar-refractivity contribution in [3.05, 3.63) is 24.0 Å². The molecule has 0 saturated carbocycles. The summed E-state index contributed by atoms with van der Waals surface area (Å²) in [6.07, 6.45) is 0.344. The molecule has 1 aliphatic rings. The van der Waals surface area contributed by atoms with Gasteiger partial charge in [0.05, 0.1) is 17.4 Å². The zero-order chi connectivity index (χ0) is 15.6. The Hall–Kier alpha value is -1.98. The van der Waals surface area contributed by atoms with E-state index in [0.29, 0.717) is 18.8 Å². The monoisotopic (exact) mass is 295 g/mol. The predicted molar refractivity (Wildman–Crippen MR) is 80.8 cm³/mol. The van der Waals surface area contributed by atoms with Gasteiger partial charge in [0.2, 0.25) is 0 Å². The van der Waals surface area contributed by atoms with E-state index >= 15 is 0 Å². The number of amides is 1. The summed E-state index contributed by atoms with van der Waals surface area (Å²) in [5.74, 6) is -0.420. The molecule has 1 atom stereocenters. The molecule has 116 valence electrons. The van der Waals surface area contributed by atoms with Crippen LogP contribution >= 0.6 is 0 Å². The lowest BCUT2D eigenvalue weighted by molar-refractivity contribution is 0.0509. The standard InChI is InChI=1S/C15H22FN3O2/c1-15(2,3)21-14(20)18-10-7-8-19(9-10)12-6-4-5-11(16)13(12)17/h4-6,10H,7-9,17H2,1-3H3,(H,18,20)/t10-/m1/s1. The van der Waals surface area contributed by atoms with Crippen molar-refractivity contribution in [2.45, 2.75) is 38.8 Å². The summed E-state index contributed by atoms with van der Waals surface area (Å²) in [6.45, 7) is 6.77. The highest BCUT2D eigenvalue weighted by atomic mass is 19.1. The number of nitrogens with zero attached hydrogens (tertiary/aromatic N) is 1. The van der Waals surface area contributed by atoms with Crippen LogP contribution in [0.15, 0.2) is 18.2 Å². The highest BCUT2D eigenvalue weighted by molar-refractivity contribution is 5.70. The third-order valence-electron chi connectivity index (χ3n) is 3.28. The lowest BCUT2D eigenvalue weighted by Gasteiger charge is -2.23. The van der Waals surface area contributed by atoms with E-state index in [1.54, 1.807) is 12.1 Å². The number of para-hydroxylation sites is 1. The molecule has 5 nitrogen and oxygen atoms in total. The quantitative estimate of drug-likeness (QED) is 0.823. The minimum atomic E-state index is -0.518. The van der Waals surface area contributed by atoms with Crippen molar-refractivity contribution in [2.75, 3.05) is 23.7 Å². The van der Waals surface area contributed by atoms with E-state index in [4.69, 9.17) is 10.5 Å². The molecule has 0 spiro atoms. The number of carbonyl (C=O) groups is 1. The molecule has 1 fully saturated rings. The van der Waals surface area contributed by atoms with Crippen molar-refractivity contribution in [1.82, 2.24) is 5.32 Å². The number of hydrogen-bond acceptors (Lipinski definition) is 4. The third kappa shape index (κ3) is 4.00. The zero-order valence-corrected chi connectivity index (χ0v) is 12.6. The molecule has 1 aromatic carbocycles. The number of nitrogens with two attached hydrogens (primary N) is 1. The first kappa shape index (κ1) is 15.4. The van der Waals surface area contributed by atoms with E-state index in [2.05, 4.69) is 5.32 Å². The highest BCUT2D eigenvalue weighted by Gasteiger charge is 2.27. The Balaban J connectivity index is 1.95. The summed E-state index contributed by atoms with van der Waals surface area (Å²) in [5, 5.41) is 2.83.